The number of ether oxygens (including phenoxy) is 1. The SMILES string of the molecule is O=CN1CC(c2nc3ccccc3s2)OC2(CCN(CCCCCCCCCO)CC2)C1. The first kappa shape index (κ1) is 23.6. The third-order valence-corrected chi connectivity index (χ3v) is 8.05. The summed E-state index contributed by atoms with van der Waals surface area (Å²) in [5, 5.41) is 9.82. The van der Waals surface area contributed by atoms with Crippen LogP contribution < -0.4 is 0 Å². The molecule has 4 rings (SSSR count). The molecule has 32 heavy (non-hydrogen) atoms. The Balaban J connectivity index is 1.26. The lowest BCUT2D eigenvalue weighted by molar-refractivity contribution is -0.179. The lowest BCUT2D eigenvalue weighted by Crippen LogP contribution is -2.57. The Bertz CT molecular complexity index is 817. The third kappa shape index (κ3) is 6.07. The Kier molecular flexibility index (Phi) is 8.52. The molecule has 3 heterocycles. The number of nitrogens with zero attached hydrogens (tertiary/aromatic N) is 3. The van der Waals surface area contributed by atoms with Crippen molar-refractivity contribution >= 4 is 28.0 Å². The number of hydrogen-bond acceptors (Lipinski definition) is 6. The van der Waals surface area contributed by atoms with Crippen LogP contribution in [-0.2, 0) is 9.53 Å². The molecule has 7 heteroatoms. The lowest BCUT2D eigenvalue weighted by Gasteiger charge is -2.48. The minimum Gasteiger partial charge on any atom is -0.396 e. The highest BCUT2D eigenvalue weighted by Crippen LogP contribution is 2.39. The average Bonchev–Trinajstić information content (AvgIpc) is 3.26. The van der Waals surface area contributed by atoms with E-state index in [9.17, 15) is 4.79 Å². The molecule has 2 fully saturated rings. The van der Waals surface area contributed by atoms with Crippen LogP contribution in [0.5, 0.6) is 0 Å². The highest BCUT2D eigenvalue weighted by atomic mass is 32.1. The van der Waals surface area contributed by atoms with Crippen LogP contribution >= 0.6 is 11.3 Å². The van der Waals surface area contributed by atoms with E-state index < -0.39 is 0 Å². The van der Waals surface area contributed by atoms with E-state index >= 15 is 0 Å². The van der Waals surface area contributed by atoms with Crippen LogP contribution in [0.1, 0.15) is 68.9 Å². The molecule has 6 nitrogen and oxygen atoms in total. The van der Waals surface area contributed by atoms with Crippen LogP contribution in [0.25, 0.3) is 10.2 Å². The number of hydrogen-bond donors (Lipinski definition) is 1. The molecule has 0 bridgehead atoms. The average molecular weight is 460 g/mol. The number of amides is 1. The fourth-order valence-electron chi connectivity index (χ4n) is 5.05. The Hall–Kier alpha value is -1.54. The monoisotopic (exact) mass is 459 g/mol. The molecule has 1 atom stereocenters. The molecule has 1 N–H and O–H groups in total. The van der Waals surface area contributed by atoms with Crippen molar-refractivity contribution in [3.63, 3.8) is 0 Å². The maximum atomic E-state index is 11.7. The van der Waals surface area contributed by atoms with Gasteiger partial charge < -0.3 is 19.6 Å². The summed E-state index contributed by atoms with van der Waals surface area (Å²) >= 11 is 1.68. The number of carbonyl (C=O) groups is 1. The maximum Gasteiger partial charge on any atom is 0.209 e. The number of rotatable bonds is 11. The Morgan fingerprint density at radius 2 is 1.81 bits per heavy atom. The molecule has 2 aliphatic rings. The molecule has 0 saturated carbocycles. The van der Waals surface area contributed by atoms with Gasteiger partial charge in [-0.1, -0.05) is 44.2 Å². The number of aromatic nitrogens is 1. The van der Waals surface area contributed by atoms with Crippen molar-refractivity contribution in [1.29, 1.82) is 0 Å². The Morgan fingerprint density at radius 3 is 2.53 bits per heavy atom. The zero-order valence-corrected chi connectivity index (χ0v) is 19.9. The second-order valence-corrected chi connectivity index (χ2v) is 10.4. The topological polar surface area (TPSA) is 65.9 Å². The summed E-state index contributed by atoms with van der Waals surface area (Å²) in [7, 11) is 0. The van der Waals surface area contributed by atoms with Crippen LogP contribution in [-0.4, -0.2) is 71.2 Å². The smallest absolute Gasteiger partial charge is 0.209 e. The van der Waals surface area contributed by atoms with Crippen molar-refractivity contribution in [3.8, 4) is 0 Å². The zero-order chi connectivity index (χ0) is 22.2. The van der Waals surface area contributed by atoms with Gasteiger partial charge in [0.05, 0.1) is 22.4 Å². The number of morpholine rings is 1. The van der Waals surface area contributed by atoms with Crippen LogP contribution in [0.4, 0.5) is 0 Å². The van der Waals surface area contributed by atoms with Gasteiger partial charge in [0, 0.05) is 26.2 Å². The van der Waals surface area contributed by atoms with Crippen LogP contribution in [0.2, 0.25) is 0 Å². The minimum absolute atomic E-state index is 0.135. The number of piperidine rings is 1. The van der Waals surface area contributed by atoms with Crippen LogP contribution in [0, 0.1) is 0 Å². The first-order valence-electron chi connectivity index (χ1n) is 12.3. The maximum absolute atomic E-state index is 11.7. The number of aliphatic hydroxyl groups excluding tert-OH is 1. The van der Waals surface area contributed by atoms with Gasteiger partial charge in [-0.15, -0.1) is 11.3 Å². The van der Waals surface area contributed by atoms with Crippen molar-refractivity contribution in [2.45, 2.75) is 69.5 Å². The van der Waals surface area contributed by atoms with E-state index in [1.807, 2.05) is 23.1 Å². The summed E-state index contributed by atoms with van der Waals surface area (Å²) in [5.74, 6) is 0. The standard InChI is InChI=1S/C25H37N3O3S/c29-17-9-5-3-1-2-4-8-14-27-15-12-25(13-16-27)19-28(20-30)18-22(31-25)24-26-21-10-6-7-11-23(21)32-24/h6-7,10-11,20,22,29H,1-5,8-9,12-19H2. The fraction of sp³-hybridized carbons (Fsp3) is 0.680. The number of aliphatic hydroxyl groups is 1. The van der Waals surface area contributed by atoms with E-state index in [0.29, 0.717) is 19.7 Å². The molecular weight excluding hydrogens is 422 g/mol. The van der Waals surface area contributed by atoms with Gasteiger partial charge in [-0.05, 0) is 44.4 Å². The second kappa shape index (κ2) is 11.5. The summed E-state index contributed by atoms with van der Waals surface area (Å²) in [6.45, 7) is 4.84. The summed E-state index contributed by atoms with van der Waals surface area (Å²) < 4.78 is 7.88. The molecule has 1 amide bonds. The minimum atomic E-state index is -0.245. The molecule has 1 aromatic heterocycles. The third-order valence-electron chi connectivity index (χ3n) is 6.92. The van der Waals surface area contributed by atoms with Crippen molar-refractivity contribution in [2.24, 2.45) is 0 Å². The molecule has 0 radical (unpaired) electrons. The number of likely N-dealkylation sites (tertiary alicyclic amines) is 1. The molecule has 0 aliphatic carbocycles. The summed E-state index contributed by atoms with van der Waals surface area (Å²) in [5.41, 5.74) is 0.766. The van der Waals surface area contributed by atoms with Crippen molar-refractivity contribution < 1.29 is 14.6 Å². The number of carbonyl (C=O) groups excluding carboxylic acids is 1. The second-order valence-electron chi connectivity index (χ2n) is 9.38. The number of para-hydroxylation sites is 1. The van der Waals surface area contributed by atoms with Gasteiger partial charge in [-0.2, -0.15) is 0 Å². The van der Waals surface area contributed by atoms with E-state index in [2.05, 4.69) is 11.0 Å². The molecule has 1 unspecified atom stereocenters. The lowest BCUT2D eigenvalue weighted by atomic mass is 9.88. The number of benzene rings is 1. The van der Waals surface area contributed by atoms with Crippen molar-refractivity contribution in [1.82, 2.24) is 14.8 Å². The Labute approximate surface area is 195 Å². The van der Waals surface area contributed by atoms with E-state index in [4.69, 9.17) is 14.8 Å². The molecule has 1 aromatic carbocycles. The highest BCUT2D eigenvalue weighted by Gasteiger charge is 2.43. The number of unbranched alkanes of at least 4 members (excludes halogenated alkanes) is 6. The molecular formula is C25H37N3O3S. The first-order valence-corrected chi connectivity index (χ1v) is 13.1. The van der Waals surface area contributed by atoms with Gasteiger partial charge in [0.1, 0.15) is 11.1 Å². The van der Waals surface area contributed by atoms with Gasteiger partial charge in [0.2, 0.25) is 6.41 Å². The normalized spacial score (nSPS) is 21.4. The summed E-state index contributed by atoms with van der Waals surface area (Å²) in [6.07, 6.45) is 11.3. The van der Waals surface area contributed by atoms with Crippen molar-refractivity contribution in [3.05, 3.63) is 29.3 Å². The highest BCUT2D eigenvalue weighted by molar-refractivity contribution is 7.18. The molecule has 2 aliphatic heterocycles. The molecule has 176 valence electrons. The molecule has 2 aromatic rings. The van der Waals surface area contributed by atoms with Gasteiger partial charge in [-0.3, -0.25) is 4.79 Å². The van der Waals surface area contributed by atoms with E-state index in [-0.39, 0.29) is 11.7 Å². The largest absolute Gasteiger partial charge is 0.396 e. The van der Waals surface area contributed by atoms with Crippen molar-refractivity contribution in [2.75, 3.05) is 39.3 Å². The predicted octanol–water partition coefficient (Wildman–Crippen LogP) is 4.38. The van der Waals surface area contributed by atoms with Crippen LogP contribution in [0.3, 0.4) is 0 Å². The van der Waals surface area contributed by atoms with Crippen LogP contribution in [0.15, 0.2) is 24.3 Å². The number of fused-ring (bicyclic) bond motifs is 1. The van der Waals surface area contributed by atoms with Gasteiger partial charge >= 0.3 is 0 Å². The molecule has 1 spiro atoms. The predicted molar refractivity (Wildman–Crippen MR) is 129 cm³/mol. The van der Waals surface area contributed by atoms with E-state index in [1.165, 1.54) is 36.8 Å². The summed E-state index contributed by atoms with van der Waals surface area (Å²) in [4.78, 5) is 21.0. The van der Waals surface area contributed by atoms with Gasteiger partial charge in [0.25, 0.3) is 0 Å². The first-order chi connectivity index (χ1) is 15.7. The quantitative estimate of drug-likeness (QED) is 0.399. The van der Waals surface area contributed by atoms with E-state index in [0.717, 1.165) is 62.3 Å². The van der Waals surface area contributed by atoms with Gasteiger partial charge in [0.15, 0.2) is 0 Å². The summed E-state index contributed by atoms with van der Waals surface area (Å²) in [6, 6.07) is 8.19. The van der Waals surface area contributed by atoms with E-state index in [1.54, 1.807) is 11.3 Å². The number of thiazole rings is 1. The Morgan fingerprint density at radius 1 is 1.09 bits per heavy atom. The van der Waals surface area contributed by atoms with Gasteiger partial charge in [-0.25, -0.2) is 4.98 Å². The molecule has 2 saturated heterocycles. The fourth-order valence-corrected chi connectivity index (χ4v) is 6.04. The zero-order valence-electron chi connectivity index (χ0n) is 19.1.